The first kappa shape index (κ1) is 41.7. The summed E-state index contributed by atoms with van der Waals surface area (Å²) in [6.45, 7) is 4.41. The van der Waals surface area contributed by atoms with E-state index in [2.05, 4.69) is 26.0 Å². The SMILES string of the molecule is CCCCCCCC/C=C\CCCCCCCCCCCC(=O)OC(CC)CCCCCCCCCCCCCC(=O)O. The Labute approximate surface area is 268 Å². The lowest BCUT2D eigenvalue weighted by molar-refractivity contribution is -0.149. The molecule has 0 saturated heterocycles. The topological polar surface area (TPSA) is 63.6 Å². The highest BCUT2D eigenvalue weighted by Crippen LogP contribution is 2.17. The van der Waals surface area contributed by atoms with E-state index < -0.39 is 5.97 Å². The van der Waals surface area contributed by atoms with E-state index in [0.717, 1.165) is 44.9 Å². The van der Waals surface area contributed by atoms with Crippen LogP contribution in [0.25, 0.3) is 0 Å². The Balaban J connectivity index is 3.41. The van der Waals surface area contributed by atoms with Crippen LogP contribution in [0.2, 0.25) is 0 Å². The number of carboxylic acids is 1. The van der Waals surface area contributed by atoms with Gasteiger partial charge in [0.2, 0.25) is 0 Å². The molecule has 0 aliphatic heterocycles. The molecule has 0 spiro atoms. The zero-order chi connectivity index (χ0) is 31.5. The highest BCUT2D eigenvalue weighted by Gasteiger charge is 2.12. The van der Waals surface area contributed by atoms with Crippen molar-refractivity contribution in [3.05, 3.63) is 12.2 Å². The molecule has 4 nitrogen and oxygen atoms in total. The fourth-order valence-electron chi connectivity index (χ4n) is 5.88. The number of unbranched alkanes of at least 4 members (excludes halogenated alkanes) is 25. The van der Waals surface area contributed by atoms with Crippen LogP contribution in [-0.4, -0.2) is 23.1 Å². The van der Waals surface area contributed by atoms with Crippen LogP contribution in [0.4, 0.5) is 0 Å². The molecule has 0 aromatic carbocycles. The predicted molar refractivity (Wildman–Crippen MR) is 186 cm³/mol. The second kappa shape index (κ2) is 35.2. The summed E-state index contributed by atoms with van der Waals surface area (Å²) in [5.74, 6) is -0.663. The number of carbonyl (C=O) groups excluding carboxylic acids is 1. The van der Waals surface area contributed by atoms with Crippen molar-refractivity contribution in [2.45, 2.75) is 225 Å². The van der Waals surface area contributed by atoms with E-state index >= 15 is 0 Å². The van der Waals surface area contributed by atoms with Crippen molar-refractivity contribution in [2.75, 3.05) is 0 Å². The van der Waals surface area contributed by atoms with E-state index in [1.54, 1.807) is 0 Å². The van der Waals surface area contributed by atoms with Crippen LogP contribution >= 0.6 is 0 Å². The normalized spacial score (nSPS) is 12.2. The first-order chi connectivity index (χ1) is 21.1. The second-order valence-electron chi connectivity index (χ2n) is 13.1. The zero-order valence-electron chi connectivity index (χ0n) is 29.0. The van der Waals surface area contributed by atoms with E-state index in [-0.39, 0.29) is 12.1 Å². The van der Waals surface area contributed by atoms with Crippen molar-refractivity contribution in [3.8, 4) is 0 Å². The molecule has 0 rings (SSSR count). The Hall–Kier alpha value is -1.32. The summed E-state index contributed by atoms with van der Waals surface area (Å²) in [6, 6.07) is 0. The van der Waals surface area contributed by atoms with Gasteiger partial charge in [0, 0.05) is 12.8 Å². The molecule has 254 valence electrons. The molecule has 0 bridgehead atoms. The predicted octanol–water partition coefficient (Wildman–Crippen LogP) is 13.1. The van der Waals surface area contributed by atoms with Gasteiger partial charge in [0.15, 0.2) is 0 Å². The van der Waals surface area contributed by atoms with Crippen LogP contribution in [0, 0.1) is 0 Å². The van der Waals surface area contributed by atoms with Crippen molar-refractivity contribution < 1.29 is 19.4 Å². The third-order valence-corrected chi connectivity index (χ3v) is 8.81. The van der Waals surface area contributed by atoms with Crippen LogP contribution in [0.3, 0.4) is 0 Å². The lowest BCUT2D eigenvalue weighted by Gasteiger charge is -2.16. The summed E-state index contributed by atoms with van der Waals surface area (Å²) in [5, 5.41) is 8.65. The summed E-state index contributed by atoms with van der Waals surface area (Å²) in [6.07, 6.45) is 43.2. The van der Waals surface area contributed by atoms with Gasteiger partial charge in [0.1, 0.15) is 6.10 Å². The van der Waals surface area contributed by atoms with Gasteiger partial charge in [-0.3, -0.25) is 9.59 Å². The van der Waals surface area contributed by atoms with E-state index in [1.165, 1.54) is 148 Å². The Morgan fingerprint density at radius 2 is 0.884 bits per heavy atom. The standard InChI is InChI=1S/C39H74O4/c1-3-5-6-7-8-9-10-11-12-13-14-15-16-17-21-24-27-30-33-36-39(42)43-37(4-2)34-31-28-25-22-19-18-20-23-26-29-32-35-38(40)41/h11-12,37H,3-10,13-36H2,1-2H3,(H,40,41)/b12-11-. The molecule has 0 radical (unpaired) electrons. The van der Waals surface area contributed by atoms with Crippen LogP contribution in [-0.2, 0) is 14.3 Å². The number of carboxylic acid groups (broad SMARTS) is 1. The Morgan fingerprint density at radius 1 is 0.512 bits per heavy atom. The summed E-state index contributed by atoms with van der Waals surface area (Å²) in [4.78, 5) is 22.8. The lowest BCUT2D eigenvalue weighted by Crippen LogP contribution is -2.17. The van der Waals surface area contributed by atoms with Crippen LogP contribution < -0.4 is 0 Å². The molecular weight excluding hydrogens is 532 g/mol. The number of hydrogen-bond donors (Lipinski definition) is 1. The van der Waals surface area contributed by atoms with Gasteiger partial charge in [-0.1, -0.05) is 161 Å². The van der Waals surface area contributed by atoms with Crippen molar-refractivity contribution >= 4 is 11.9 Å². The summed E-state index contributed by atoms with van der Waals surface area (Å²) in [7, 11) is 0. The van der Waals surface area contributed by atoms with E-state index in [9.17, 15) is 9.59 Å². The summed E-state index contributed by atoms with van der Waals surface area (Å²) < 4.78 is 5.77. The van der Waals surface area contributed by atoms with Crippen molar-refractivity contribution in [3.63, 3.8) is 0 Å². The molecule has 1 atom stereocenters. The molecule has 0 aliphatic rings. The number of carbonyl (C=O) groups is 2. The molecule has 0 amide bonds. The van der Waals surface area contributed by atoms with Gasteiger partial charge in [-0.15, -0.1) is 0 Å². The van der Waals surface area contributed by atoms with E-state index in [0.29, 0.717) is 12.8 Å². The molecule has 1 unspecified atom stereocenters. The van der Waals surface area contributed by atoms with Crippen LogP contribution in [0.1, 0.15) is 219 Å². The number of allylic oxidation sites excluding steroid dienone is 2. The molecule has 0 aromatic rings. The second-order valence-corrected chi connectivity index (χ2v) is 13.1. The zero-order valence-corrected chi connectivity index (χ0v) is 29.0. The average Bonchev–Trinajstić information content (AvgIpc) is 2.99. The minimum absolute atomic E-state index is 0.0100. The van der Waals surface area contributed by atoms with Crippen molar-refractivity contribution in [1.82, 2.24) is 0 Å². The molecule has 4 heteroatoms. The Bertz CT molecular complexity index is 614. The minimum atomic E-state index is -0.673. The highest BCUT2D eigenvalue weighted by atomic mass is 16.5. The fraction of sp³-hybridized carbons (Fsp3) is 0.897. The quantitative estimate of drug-likeness (QED) is 0.0443. The molecular formula is C39H74O4. The van der Waals surface area contributed by atoms with E-state index in [1.807, 2.05) is 0 Å². The molecule has 0 fully saturated rings. The van der Waals surface area contributed by atoms with Gasteiger partial charge in [-0.2, -0.15) is 0 Å². The van der Waals surface area contributed by atoms with E-state index in [4.69, 9.17) is 9.84 Å². The van der Waals surface area contributed by atoms with Gasteiger partial charge >= 0.3 is 11.9 Å². The monoisotopic (exact) mass is 607 g/mol. The third-order valence-electron chi connectivity index (χ3n) is 8.81. The lowest BCUT2D eigenvalue weighted by atomic mass is 10.0. The first-order valence-electron chi connectivity index (χ1n) is 19.2. The summed E-state index contributed by atoms with van der Waals surface area (Å²) >= 11 is 0. The van der Waals surface area contributed by atoms with Gasteiger partial charge in [0.25, 0.3) is 0 Å². The van der Waals surface area contributed by atoms with Crippen LogP contribution in [0.15, 0.2) is 12.2 Å². The molecule has 0 heterocycles. The van der Waals surface area contributed by atoms with Crippen molar-refractivity contribution in [2.24, 2.45) is 0 Å². The first-order valence-corrected chi connectivity index (χ1v) is 19.2. The molecule has 1 N–H and O–H groups in total. The van der Waals surface area contributed by atoms with Crippen LogP contribution in [0.5, 0.6) is 0 Å². The number of esters is 1. The number of rotatable bonds is 35. The molecule has 0 aromatic heterocycles. The number of ether oxygens (including phenoxy) is 1. The maximum absolute atomic E-state index is 12.3. The Morgan fingerprint density at radius 3 is 1.30 bits per heavy atom. The summed E-state index contributed by atoms with van der Waals surface area (Å²) in [5.41, 5.74) is 0. The van der Waals surface area contributed by atoms with Crippen molar-refractivity contribution in [1.29, 1.82) is 0 Å². The van der Waals surface area contributed by atoms with Gasteiger partial charge in [-0.05, 0) is 57.8 Å². The smallest absolute Gasteiger partial charge is 0.306 e. The maximum atomic E-state index is 12.3. The molecule has 0 aliphatic carbocycles. The fourth-order valence-corrected chi connectivity index (χ4v) is 5.88. The number of hydrogen-bond acceptors (Lipinski definition) is 3. The highest BCUT2D eigenvalue weighted by molar-refractivity contribution is 5.69. The Kier molecular flexibility index (Phi) is 34.1. The van der Waals surface area contributed by atoms with Gasteiger partial charge in [-0.25, -0.2) is 0 Å². The average molecular weight is 607 g/mol. The van der Waals surface area contributed by atoms with Gasteiger partial charge in [0.05, 0.1) is 0 Å². The third kappa shape index (κ3) is 35.0. The minimum Gasteiger partial charge on any atom is -0.481 e. The maximum Gasteiger partial charge on any atom is 0.306 e. The molecule has 43 heavy (non-hydrogen) atoms. The molecule has 0 saturated carbocycles. The largest absolute Gasteiger partial charge is 0.481 e. The number of aliphatic carboxylic acids is 1. The van der Waals surface area contributed by atoms with Gasteiger partial charge < -0.3 is 9.84 Å².